The van der Waals surface area contributed by atoms with Crippen molar-refractivity contribution in [1.29, 1.82) is 0 Å². The van der Waals surface area contributed by atoms with Gasteiger partial charge >= 0.3 is 0 Å². The lowest BCUT2D eigenvalue weighted by Crippen LogP contribution is -2.44. The Bertz CT molecular complexity index is 275. The molecule has 0 aromatic heterocycles. The smallest absolute Gasteiger partial charge is 0.223 e. The van der Waals surface area contributed by atoms with Crippen molar-refractivity contribution >= 4 is 5.91 Å². The lowest BCUT2D eigenvalue weighted by Gasteiger charge is -2.36. The van der Waals surface area contributed by atoms with Gasteiger partial charge in [-0.05, 0) is 44.1 Å². The van der Waals surface area contributed by atoms with E-state index in [0.717, 1.165) is 19.4 Å². The molecular formula is C16H32N2O. The molecule has 0 aromatic carbocycles. The van der Waals surface area contributed by atoms with E-state index in [0.29, 0.717) is 24.4 Å². The quantitative estimate of drug-likeness (QED) is 0.830. The van der Waals surface area contributed by atoms with Crippen LogP contribution < -0.4 is 5.32 Å². The number of hydrogen-bond acceptors (Lipinski definition) is 2. The Kier molecular flexibility index (Phi) is 6.31. The van der Waals surface area contributed by atoms with Crippen LogP contribution in [0.5, 0.6) is 0 Å². The summed E-state index contributed by atoms with van der Waals surface area (Å²) in [6.45, 7) is 9.71. The van der Waals surface area contributed by atoms with E-state index in [1.165, 1.54) is 19.3 Å². The Morgan fingerprint density at radius 1 is 1.21 bits per heavy atom. The monoisotopic (exact) mass is 268 g/mol. The molecule has 1 amide bonds. The number of hydrogen-bond donors (Lipinski definition) is 1. The van der Waals surface area contributed by atoms with E-state index in [1.54, 1.807) is 0 Å². The van der Waals surface area contributed by atoms with Gasteiger partial charge in [-0.25, -0.2) is 0 Å². The van der Waals surface area contributed by atoms with Gasteiger partial charge in [0, 0.05) is 25.6 Å². The highest BCUT2D eigenvalue weighted by molar-refractivity contribution is 5.76. The predicted molar refractivity (Wildman–Crippen MR) is 81.2 cm³/mol. The molecule has 1 saturated carbocycles. The van der Waals surface area contributed by atoms with Crippen molar-refractivity contribution in [1.82, 2.24) is 10.2 Å². The van der Waals surface area contributed by atoms with Crippen LogP contribution in [0.25, 0.3) is 0 Å². The van der Waals surface area contributed by atoms with E-state index >= 15 is 0 Å². The Labute approximate surface area is 119 Å². The summed E-state index contributed by atoms with van der Waals surface area (Å²) in [6.07, 6.45) is 6.55. The summed E-state index contributed by atoms with van der Waals surface area (Å²) in [6, 6.07) is 1.12. The molecule has 1 rings (SSSR count). The summed E-state index contributed by atoms with van der Waals surface area (Å²) in [7, 11) is 1.98. The van der Waals surface area contributed by atoms with Crippen molar-refractivity contribution in [2.24, 2.45) is 5.41 Å². The summed E-state index contributed by atoms with van der Waals surface area (Å²) < 4.78 is 0. The van der Waals surface area contributed by atoms with Crippen LogP contribution >= 0.6 is 0 Å². The number of amides is 1. The molecule has 0 atom stereocenters. The maximum atomic E-state index is 12.2. The van der Waals surface area contributed by atoms with Gasteiger partial charge in [0.25, 0.3) is 0 Å². The Morgan fingerprint density at radius 3 is 2.26 bits per heavy atom. The van der Waals surface area contributed by atoms with E-state index in [-0.39, 0.29) is 5.41 Å². The summed E-state index contributed by atoms with van der Waals surface area (Å²) in [5, 5.41) is 3.59. The van der Waals surface area contributed by atoms with Gasteiger partial charge in [-0.1, -0.05) is 27.7 Å². The highest BCUT2D eigenvalue weighted by Gasteiger charge is 2.28. The molecule has 0 heterocycles. The van der Waals surface area contributed by atoms with Crippen molar-refractivity contribution in [2.45, 2.75) is 78.3 Å². The Morgan fingerprint density at radius 2 is 1.79 bits per heavy atom. The lowest BCUT2D eigenvalue weighted by atomic mass is 9.88. The third-order valence-electron chi connectivity index (χ3n) is 4.00. The Hall–Kier alpha value is -0.570. The second kappa shape index (κ2) is 7.28. The van der Waals surface area contributed by atoms with Crippen LogP contribution in [0.2, 0.25) is 0 Å². The van der Waals surface area contributed by atoms with E-state index in [4.69, 9.17) is 0 Å². The topological polar surface area (TPSA) is 32.3 Å². The molecule has 1 aliphatic rings. The molecule has 3 heteroatoms. The first-order chi connectivity index (χ1) is 8.83. The fourth-order valence-corrected chi connectivity index (χ4v) is 2.80. The van der Waals surface area contributed by atoms with Crippen LogP contribution in [0.4, 0.5) is 0 Å². The molecule has 3 nitrogen and oxygen atoms in total. The molecule has 0 spiro atoms. The van der Waals surface area contributed by atoms with Crippen LogP contribution in [0.15, 0.2) is 0 Å². The molecule has 19 heavy (non-hydrogen) atoms. The van der Waals surface area contributed by atoms with E-state index in [2.05, 4.69) is 33.0 Å². The van der Waals surface area contributed by atoms with Crippen LogP contribution in [0.1, 0.15) is 66.2 Å². The maximum absolute atomic E-state index is 12.2. The van der Waals surface area contributed by atoms with Gasteiger partial charge in [0.15, 0.2) is 0 Å². The van der Waals surface area contributed by atoms with Crippen molar-refractivity contribution < 1.29 is 4.79 Å². The van der Waals surface area contributed by atoms with Crippen LogP contribution in [0, 0.1) is 5.41 Å². The SMILES string of the molecule is CCCNC1CCC(N(C)C(=O)CC(C)(C)C)CC1. The molecule has 112 valence electrons. The van der Waals surface area contributed by atoms with Crippen molar-refractivity contribution in [3.8, 4) is 0 Å². The van der Waals surface area contributed by atoms with Crippen molar-refractivity contribution in [3.63, 3.8) is 0 Å². The number of carbonyl (C=O) groups is 1. The molecule has 1 fully saturated rings. The minimum atomic E-state index is 0.0885. The number of nitrogens with zero attached hydrogens (tertiary/aromatic N) is 1. The van der Waals surface area contributed by atoms with Gasteiger partial charge < -0.3 is 10.2 Å². The average molecular weight is 268 g/mol. The summed E-state index contributed by atoms with van der Waals surface area (Å²) >= 11 is 0. The predicted octanol–water partition coefficient (Wildman–Crippen LogP) is 3.19. The number of nitrogens with one attached hydrogen (secondary N) is 1. The summed E-state index contributed by atoms with van der Waals surface area (Å²) in [4.78, 5) is 14.2. The normalized spacial score (nSPS) is 24.3. The molecule has 0 saturated heterocycles. The zero-order valence-electron chi connectivity index (χ0n) is 13.5. The fraction of sp³-hybridized carbons (Fsp3) is 0.938. The highest BCUT2D eigenvalue weighted by Crippen LogP contribution is 2.25. The molecular weight excluding hydrogens is 236 g/mol. The lowest BCUT2D eigenvalue weighted by molar-refractivity contribution is -0.134. The summed E-state index contributed by atoms with van der Waals surface area (Å²) in [5.41, 5.74) is 0.0885. The number of rotatable bonds is 5. The average Bonchev–Trinajstić information content (AvgIpc) is 2.34. The van der Waals surface area contributed by atoms with Crippen LogP contribution in [-0.2, 0) is 4.79 Å². The molecule has 0 radical (unpaired) electrons. The standard InChI is InChI=1S/C16H32N2O/c1-6-11-17-13-7-9-14(10-8-13)18(5)15(19)12-16(2,3)4/h13-14,17H,6-12H2,1-5H3. The largest absolute Gasteiger partial charge is 0.343 e. The van der Waals surface area contributed by atoms with Gasteiger partial charge in [-0.3, -0.25) is 4.79 Å². The first-order valence-corrected chi connectivity index (χ1v) is 7.82. The second-order valence-electron chi connectivity index (χ2n) is 7.20. The van der Waals surface area contributed by atoms with Crippen LogP contribution in [0.3, 0.4) is 0 Å². The van der Waals surface area contributed by atoms with Crippen LogP contribution in [-0.4, -0.2) is 36.5 Å². The first-order valence-electron chi connectivity index (χ1n) is 7.82. The molecule has 0 bridgehead atoms. The van der Waals surface area contributed by atoms with Gasteiger partial charge in [-0.15, -0.1) is 0 Å². The zero-order valence-corrected chi connectivity index (χ0v) is 13.5. The second-order valence-corrected chi connectivity index (χ2v) is 7.20. The third-order valence-corrected chi connectivity index (χ3v) is 4.00. The molecule has 0 aromatic rings. The molecule has 1 N–H and O–H groups in total. The van der Waals surface area contributed by atoms with Gasteiger partial charge in [0.05, 0.1) is 0 Å². The van der Waals surface area contributed by atoms with E-state index < -0.39 is 0 Å². The molecule has 0 aliphatic heterocycles. The minimum Gasteiger partial charge on any atom is -0.343 e. The molecule has 0 unspecified atom stereocenters. The van der Waals surface area contributed by atoms with Crippen molar-refractivity contribution in [3.05, 3.63) is 0 Å². The molecule has 1 aliphatic carbocycles. The zero-order chi connectivity index (χ0) is 14.5. The van der Waals surface area contributed by atoms with Gasteiger partial charge in [0.2, 0.25) is 5.91 Å². The first kappa shape index (κ1) is 16.5. The van der Waals surface area contributed by atoms with Gasteiger partial charge in [-0.2, -0.15) is 0 Å². The van der Waals surface area contributed by atoms with Crippen molar-refractivity contribution in [2.75, 3.05) is 13.6 Å². The third kappa shape index (κ3) is 5.94. The number of carbonyl (C=O) groups excluding carboxylic acids is 1. The highest BCUT2D eigenvalue weighted by atomic mass is 16.2. The maximum Gasteiger partial charge on any atom is 0.223 e. The Balaban J connectivity index is 2.36. The van der Waals surface area contributed by atoms with E-state index in [1.807, 2.05) is 11.9 Å². The van der Waals surface area contributed by atoms with Gasteiger partial charge in [0.1, 0.15) is 0 Å². The minimum absolute atomic E-state index is 0.0885. The summed E-state index contributed by atoms with van der Waals surface area (Å²) in [5.74, 6) is 0.303. The fourth-order valence-electron chi connectivity index (χ4n) is 2.80. The van der Waals surface area contributed by atoms with E-state index in [9.17, 15) is 4.79 Å².